The Labute approximate surface area is 82.3 Å². The van der Waals surface area contributed by atoms with Crippen LogP contribution in [0.1, 0.15) is 0 Å². The lowest BCUT2D eigenvalue weighted by molar-refractivity contribution is -0.160. The molecule has 4 atom stereocenters. The number of hydrogen-bond donors (Lipinski definition) is 0. The van der Waals surface area contributed by atoms with Gasteiger partial charge in [0.05, 0.1) is 0 Å². The van der Waals surface area contributed by atoms with E-state index in [0.717, 1.165) is 0 Å². The molecule has 0 spiro atoms. The van der Waals surface area contributed by atoms with Gasteiger partial charge in [0.1, 0.15) is 11.8 Å². The van der Waals surface area contributed by atoms with Crippen LogP contribution in [0.2, 0.25) is 0 Å². The Kier molecular flexibility index (Phi) is 1.38. The zero-order valence-corrected chi connectivity index (χ0v) is 7.17. The average Bonchev–Trinajstić information content (AvgIpc) is 2.72. The topological polar surface area (TPSA) is 96.0 Å². The minimum atomic E-state index is -1.13. The molecular formula is C8H4O7. The maximum atomic E-state index is 11.2. The van der Waals surface area contributed by atoms with Gasteiger partial charge in [0.25, 0.3) is 0 Å². The Hall–Kier alpha value is -1.76. The van der Waals surface area contributed by atoms with Crippen molar-refractivity contribution in [2.75, 3.05) is 0 Å². The van der Waals surface area contributed by atoms with Gasteiger partial charge in [0, 0.05) is 0 Å². The highest BCUT2D eigenvalue weighted by Crippen LogP contribution is 2.42. The normalized spacial score (nSPS) is 42.7. The summed E-state index contributed by atoms with van der Waals surface area (Å²) in [7, 11) is 0. The van der Waals surface area contributed by atoms with E-state index in [1.807, 2.05) is 0 Å². The quantitative estimate of drug-likeness (QED) is 0.343. The van der Waals surface area contributed by atoms with Gasteiger partial charge in [-0.2, -0.15) is 0 Å². The van der Waals surface area contributed by atoms with Crippen LogP contribution < -0.4 is 0 Å². The molecule has 0 amide bonds. The van der Waals surface area contributed by atoms with E-state index in [2.05, 4.69) is 9.47 Å². The number of cyclic esters (lactones) is 4. The van der Waals surface area contributed by atoms with Crippen molar-refractivity contribution in [2.24, 2.45) is 11.8 Å². The van der Waals surface area contributed by atoms with E-state index in [9.17, 15) is 19.2 Å². The van der Waals surface area contributed by atoms with Gasteiger partial charge in [0.2, 0.25) is 0 Å². The van der Waals surface area contributed by atoms with Crippen molar-refractivity contribution in [2.45, 2.75) is 12.2 Å². The summed E-state index contributed by atoms with van der Waals surface area (Å²) in [5.41, 5.74) is 0. The van der Waals surface area contributed by atoms with Crippen molar-refractivity contribution in [3.63, 3.8) is 0 Å². The van der Waals surface area contributed by atoms with Crippen LogP contribution in [0.3, 0.4) is 0 Å². The minimum Gasteiger partial charge on any atom is -0.391 e. The number of esters is 4. The summed E-state index contributed by atoms with van der Waals surface area (Å²) < 4.78 is 13.6. The maximum absolute atomic E-state index is 11.2. The van der Waals surface area contributed by atoms with Crippen LogP contribution in [0.15, 0.2) is 0 Å². The Morgan fingerprint density at radius 2 is 1.07 bits per heavy atom. The lowest BCUT2D eigenvalue weighted by atomic mass is 9.90. The molecule has 0 bridgehead atoms. The lowest BCUT2D eigenvalue weighted by Gasteiger charge is -2.03. The fraction of sp³-hybridized carbons (Fsp3) is 0.500. The summed E-state index contributed by atoms with van der Waals surface area (Å²) in [6.07, 6.45) is -2.27. The zero-order valence-electron chi connectivity index (χ0n) is 7.17. The molecule has 3 heterocycles. The molecule has 0 aromatic rings. The predicted molar refractivity (Wildman–Crippen MR) is 37.8 cm³/mol. The summed E-state index contributed by atoms with van der Waals surface area (Å²) in [6, 6.07) is 0. The molecule has 7 heteroatoms. The Morgan fingerprint density at radius 3 is 1.47 bits per heavy atom. The molecule has 0 unspecified atom stereocenters. The van der Waals surface area contributed by atoms with E-state index in [-0.39, 0.29) is 0 Å². The fourth-order valence-electron chi connectivity index (χ4n) is 2.10. The molecule has 0 N–H and O–H groups in total. The van der Waals surface area contributed by atoms with Gasteiger partial charge < -0.3 is 14.2 Å². The molecule has 3 fully saturated rings. The van der Waals surface area contributed by atoms with Crippen LogP contribution in [-0.4, -0.2) is 36.1 Å². The highest BCUT2D eigenvalue weighted by atomic mass is 16.7. The smallest absolute Gasteiger partial charge is 0.343 e. The van der Waals surface area contributed by atoms with Gasteiger partial charge >= 0.3 is 23.9 Å². The van der Waals surface area contributed by atoms with Crippen LogP contribution in [-0.2, 0) is 33.4 Å². The SMILES string of the molecule is O=C1OC(=O)[C@H]2O[C@@H]3C(=O)OC(=O)[C@H]3[C@@H]12. The van der Waals surface area contributed by atoms with Gasteiger partial charge in [-0.3, -0.25) is 9.59 Å². The van der Waals surface area contributed by atoms with Gasteiger partial charge in [-0.15, -0.1) is 0 Å². The van der Waals surface area contributed by atoms with Gasteiger partial charge in [0.15, 0.2) is 12.2 Å². The number of rotatable bonds is 0. The number of fused-ring (bicyclic) bond motifs is 3. The van der Waals surface area contributed by atoms with Crippen molar-refractivity contribution < 1.29 is 33.4 Å². The minimum absolute atomic E-state index is 0.829. The highest BCUT2D eigenvalue weighted by molar-refractivity contribution is 6.07. The average molecular weight is 212 g/mol. The van der Waals surface area contributed by atoms with E-state index in [0.29, 0.717) is 0 Å². The molecule has 3 saturated heterocycles. The molecule has 0 saturated carbocycles. The molecule has 78 valence electrons. The summed E-state index contributed by atoms with van der Waals surface area (Å²) in [6.45, 7) is 0. The predicted octanol–water partition coefficient (Wildman–Crippen LogP) is -1.85. The number of carbonyl (C=O) groups is 4. The van der Waals surface area contributed by atoms with E-state index in [4.69, 9.17) is 4.74 Å². The summed E-state index contributed by atoms with van der Waals surface area (Å²) in [5.74, 6) is -5.41. The molecule has 15 heavy (non-hydrogen) atoms. The largest absolute Gasteiger partial charge is 0.391 e. The number of hydrogen-bond acceptors (Lipinski definition) is 7. The second kappa shape index (κ2) is 2.43. The molecule has 0 aromatic heterocycles. The molecule has 7 nitrogen and oxygen atoms in total. The van der Waals surface area contributed by atoms with E-state index < -0.39 is 47.9 Å². The first-order valence-corrected chi connectivity index (χ1v) is 4.26. The summed E-state index contributed by atoms with van der Waals surface area (Å²) in [5, 5.41) is 0. The van der Waals surface area contributed by atoms with Crippen LogP contribution >= 0.6 is 0 Å². The third-order valence-corrected chi connectivity index (χ3v) is 2.74. The van der Waals surface area contributed by atoms with Gasteiger partial charge in [-0.05, 0) is 0 Å². The Balaban J connectivity index is 2.03. The van der Waals surface area contributed by atoms with Crippen LogP contribution in [0, 0.1) is 11.8 Å². The highest BCUT2D eigenvalue weighted by Gasteiger charge is 2.66. The summed E-state index contributed by atoms with van der Waals surface area (Å²) in [4.78, 5) is 44.6. The number of carbonyl (C=O) groups excluding carboxylic acids is 4. The first-order chi connectivity index (χ1) is 7.09. The van der Waals surface area contributed by atoms with Crippen molar-refractivity contribution in [1.82, 2.24) is 0 Å². The molecule has 0 aliphatic carbocycles. The molecule has 0 radical (unpaired) electrons. The monoisotopic (exact) mass is 212 g/mol. The fourth-order valence-corrected chi connectivity index (χ4v) is 2.10. The zero-order chi connectivity index (χ0) is 10.7. The summed E-state index contributed by atoms with van der Waals surface area (Å²) >= 11 is 0. The molecular weight excluding hydrogens is 208 g/mol. The van der Waals surface area contributed by atoms with Crippen LogP contribution in [0.5, 0.6) is 0 Å². The van der Waals surface area contributed by atoms with Crippen molar-refractivity contribution in [3.05, 3.63) is 0 Å². The standard InChI is InChI=1S/C8H4O7/c9-5-1-2-4(8(12)15-6(2)10)13-3(1)7(11)14-5/h1-4H/t1-,2+,3-,4-/m0/s1. The first-order valence-electron chi connectivity index (χ1n) is 4.26. The molecule has 3 aliphatic rings. The Bertz CT molecular complexity index is 373. The van der Waals surface area contributed by atoms with Crippen molar-refractivity contribution in [3.8, 4) is 0 Å². The van der Waals surface area contributed by atoms with Crippen molar-refractivity contribution >= 4 is 23.9 Å². The molecule has 3 rings (SSSR count). The van der Waals surface area contributed by atoms with Crippen LogP contribution in [0.4, 0.5) is 0 Å². The van der Waals surface area contributed by atoms with Crippen LogP contribution in [0.25, 0.3) is 0 Å². The second-order valence-corrected chi connectivity index (χ2v) is 3.51. The first kappa shape index (κ1) is 8.54. The van der Waals surface area contributed by atoms with E-state index in [1.54, 1.807) is 0 Å². The van der Waals surface area contributed by atoms with Gasteiger partial charge in [-0.1, -0.05) is 0 Å². The second-order valence-electron chi connectivity index (χ2n) is 3.51. The van der Waals surface area contributed by atoms with Crippen molar-refractivity contribution in [1.29, 1.82) is 0 Å². The molecule has 0 aromatic carbocycles. The lowest BCUT2D eigenvalue weighted by Crippen LogP contribution is -2.27. The maximum Gasteiger partial charge on any atom is 0.343 e. The third kappa shape index (κ3) is 0.878. The van der Waals surface area contributed by atoms with Gasteiger partial charge in [-0.25, -0.2) is 9.59 Å². The third-order valence-electron chi connectivity index (χ3n) is 2.74. The van der Waals surface area contributed by atoms with E-state index in [1.165, 1.54) is 0 Å². The number of ether oxygens (including phenoxy) is 3. The van der Waals surface area contributed by atoms with E-state index >= 15 is 0 Å². The Morgan fingerprint density at radius 1 is 0.667 bits per heavy atom. The molecule has 3 aliphatic heterocycles.